The summed E-state index contributed by atoms with van der Waals surface area (Å²) in [5, 5.41) is 3.54. The van der Waals surface area contributed by atoms with Crippen molar-refractivity contribution < 1.29 is 4.74 Å². The van der Waals surface area contributed by atoms with Crippen molar-refractivity contribution in [3.63, 3.8) is 0 Å². The Morgan fingerprint density at radius 1 is 1.41 bits per heavy atom. The van der Waals surface area contributed by atoms with E-state index in [-0.39, 0.29) is 0 Å². The Hall–Kier alpha value is -0.930. The number of rotatable bonds is 9. The second-order valence-corrected chi connectivity index (χ2v) is 4.29. The van der Waals surface area contributed by atoms with Crippen molar-refractivity contribution in [1.82, 2.24) is 10.3 Å². The van der Waals surface area contributed by atoms with Crippen LogP contribution in [0, 0.1) is 0 Å². The number of pyridine rings is 1. The van der Waals surface area contributed by atoms with Gasteiger partial charge in [-0.1, -0.05) is 13.0 Å². The van der Waals surface area contributed by atoms with Gasteiger partial charge in [-0.25, -0.2) is 0 Å². The molecule has 1 aromatic rings. The van der Waals surface area contributed by atoms with Crippen LogP contribution in [-0.2, 0) is 11.2 Å². The van der Waals surface area contributed by atoms with Crippen molar-refractivity contribution in [2.24, 2.45) is 0 Å². The first-order chi connectivity index (χ1) is 8.36. The summed E-state index contributed by atoms with van der Waals surface area (Å²) in [7, 11) is 1.76. The molecule has 17 heavy (non-hydrogen) atoms. The van der Waals surface area contributed by atoms with Crippen molar-refractivity contribution in [2.45, 2.75) is 38.6 Å². The molecule has 1 atom stereocenters. The molecular formula is C14H24N2O. The SMILES string of the molecule is CCNC(CCCOC)CCc1cccnc1. The van der Waals surface area contributed by atoms with E-state index in [1.165, 1.54) is 18.4 Å². The average molecular weight is 236 g/mol. The van der Waals surface area contributed by atoms with E-state index in [1.807, 2.05) is 18.5 Å². The molecule has 0 bridgehead atoms. The van der Waals surface area contributed by atoms with Crippen LogP contribution in [0.3, 0.4) is 0 Å². The molecule has 0 saturated carbocycles. The molecule has 3 heteroatoms. The van der Waals surface area contributed by atoms with Crippen molar-refractivity contribution in [1.29, 1.82) is 0 Å². The van der Waals surface area contributed by atoms with E-state index in [0.717, 1.165) is 26.0 Å². The number of hydrogen-bond acceptors (Lipinski definition) is 3. The van der Waals surface area contributed by atoms with Crippen LogP contribution in [-0.4, -0.2) is 31.3 Å². The minimum absolute atomic E-state index is 0.593. The topological polar surface area (TPSA) is 34.1 Å². The van der Waals surface area contributed by atoms with Gasteiger partial charge in [0.15, 0.2) is 0 Å². The highest BCUT2D eigenvalue weighted by Gasteiger charge is 2.07. The lowest BCUT2D eigenvalue weighted by Crippen LogP contribution is -2.29. The molecule has 1 heterocycles. The zero-order chi connectivity index (χ0) is 12.3. The Morgan fingerprint density at radius 2 is 2.29 bits per heavy atom. The summed E-state index contributed by atoms with van der Waals surface area (Å²) in [6.07, 6.45) is 8.35. The average Bonchev–Trinajstić information content (AvgIpc) is 2.37. The van der Waals surface area contributed by atoms with E-state index < -0.39 is 0 Å². The van der Waals surface area contributed by atoms with E-state index in [0.29, 0.717) is 6.04 Å². The van der Waals surface area contributed by atoms with Gasteiger partial charge in [-0.2, -0.15) is 0 Å². The standard InChI is InChI=1S/C14H24N2O/c1-3-16-14(7-5-11-17-2)9-8-13-6-4-10-15-12-13/h4,6,10,12,14,16H,3,5,7-9,11H2,1-2H3. The van der Waals surface area contributed by atoms with Crippen LogP contribution in [0.1, 0.15) is 31.7 Å². The number of aromatic nitrogens is 1. The maximum absolute atomic E-state index is 5.10. The first-order valence-corrected chi connectivity index (χ1v) is 6.48. The van der Waals surface area contributed by atoms with E-state index >= 15 is 0 Å². The van der Waals surface area contributed by atoms with E-state index in [1.54, 1.807) is 7.11 Å². The van der Waals surface area contributed by atoms with Crippen LogP contribution in [0.5, 0.6) is 0 Å². The highest BCUT2D eigenvalue weighted by molar-refractivity contribution is 5.08. The molecule has 1 unspecified atom stereocenters. The second kappa shape index (κ2) is 9.14. The van der Waals surface area contributed by atoms with Gasteiger partial charge < -0.3 is 10.1 Å². The molecular weight excluding hydrogens is 212 g/mol. The first kappa shape index (κ1) is 14.1. The molecule has 0 spiro atoms. The summed E-state index contributed by atoms with van der Waals surface area (Å²) >= 11 is 0. The molecule has 0 aromatic carbocycles. The zero-order valence-corrected chi connectivity index (χ0v) is 11.0. The third kappa shape index (κ3) is 6.39. The summed E-state index contributed by atoms with van der Waals surface area (Å²) in [4.78, 5) is 4.14. The van der Waals surface area contributed by atoms with Crippen LogP contribution in [0.2, 0.25) is 0 Å². The molecule has 0 aliphatic heterocycles. The van der Waals surface area contributed by atoms with Gasteiger partial charge in [0.25, 0.3) is 0 Å². The minimum Gasteiger partial charge on any atom is -0.385 e. The van der Waals surface area contributed by atoms with Crippen molar-refractivity contribution in [2.75, 3.05) is 20.3 Å². The minimum atomic E-state index is 0.593. The molecule has 96 valence electrons. The summed E-state index contributed by atoms with van der Waals surface area (Å²) in [6, 6.07) is 4.74. The zero-order valence-electron chi connectivity index (χ0n) is 11.0. The Kier molecular flexibility index (Phi) is 7.60. The van der Waals surface area contributed by atoms with Gasteiger partial charge in [-0.05, 0) is 43.9 Å². The molecule has 0 radical (unpaired) electrons. The van der Waals surface area contributed by atoms with Crippen molar-refractivity contribution in [3.05, 3.63) is 30.1 Å². The molecule has 1 rings (SSSR count). The number of nitrogens with one attached hydrogen (secondary N) is 1. The fourth-order valence-electron chi connectivity index (χ4n) is 2.00. The monoisotopic (exact) mass is 236 g/mol. The summed E-state index contributed by atoms with van der Waals surface area (Å²) < 4.78 is 5.10. The fraction of sp³-hybridized carbons (Fsp3) is 0.643. The second-order valence-electron chi connectivity index (χ2n) is 4.29. The third-order valence-electron chi connectivity index (χ3n) is 2.90. The van der Waals surface area contributed by atoms with E-state index in [9.17, 15) is 0 Å². The molecule has 1 N–H and O–H groups in total. The van der Waals surface area contributed by atoms with Gasteiger partial charge in [0.1, 0.15) is 0 Å². The van der Waals surface area contributed by atoms with Crippen molar-refractivity contribution >= 4 is 0 Å². The molecule has 0 aliphatic rings. The molecule has 0 fully saturated rings. The van der Waals surface area contributed by atoms with Gasteiger partial charge >= 0.3 is 0 Å². The lowest BCUT2D eigenvalue weighted by molar-refractivity contribution is 0.188. The first-order valence-electron chi connectivity index (χ1n) is 6.48. The number of ether oxygens (including phenoxy) is 1. The van der Waals surface area contributed by atoms with Gasteiger partial charge in [-0.15, -0.1) is 0 Å². The lowest BCUT2D eigenvalue weighted by atomic mass is 10.0. The van der Waals surface area contributed by atoms with Crippen LogP contribution >= 0.6 is 0 Å². The number of hydrogen-bond donors (Lipinski definition) is 1. The van der Waals surface area contributed by atoms with Crippen molar-refractivity contribution in [3.8, 4) is 0 Å². The maximum atomic E-state index is 5.10. The summed E-state index contributed by atoms with van der Waals surface area (Å²) in [5.41, 5.74) is 1.32. The fourth-order valence-corrected chi connectivity index (χ4v) is 2.00. The summed E-state index contributed by atoms with van der Waals surface area (Å²) in [6.45, 7) is 4.05. The van der Waals surface area contributed by atoms with Gasteiger partial charge in [-0.3, -0.25) is 4.98 Å². The maximum Gasteiger partial charge on any atom is 0.0462 e. The normalized spacial score (nSPS) is 12.6. The largest absolute Gasteiger partial charge is 0.385 e. The van der Waals surface area contributed by atoms with Crippen LogP contribution in [0.25, 0.3) is 0 Å². The Balaban J connectivity index is 2.28. The predicted octanol–water partition coefficient (Wildman–Crippen LogP) is 2.42. The molecule has 0 saturated heterocycles. The van der Waals surface area contributed by atoms with Crippen LogP contribution in [0.4, 0.5) is 0 Å². The number of nitrogens with zero attached hydrogens (tertiary/aromatic N) is 1. The molecule has 0 amide bonds. The van der Waals surface area contributed by atoms with Gasteiger partial charge in [0, 0.05) is 32.2 Å². The Morgan fingerprint density at radius 3 is 2.94 bits per heavy atom. The van der Waals surface area contributed by atoms with Gasteiger partial charge in [0.05, 0.1) is 0 Å². The number of aryl methyl sites for hydroxylation is 1. The highest BCUT2D eigenvalue weighted by atomic mass is 16.5. The van der Waals surface area contributed by atoms with E-state index in [2.05, 4.69) is 23.3 Å². The smallest absolute Gasteiger partial charge is 0.0462 e. The predicted molar refractivity (Wildman–Crippen MR) is 71.1 cm³/mol. The lowest BCUT2D eigenvalue weighted by Gasteiger charge is -2.17. The van der Waals surface area contributed by atoms with Crippen LogP contribution in [0.15, 0.2) is 24.5 Å². The molecule has 1 aromatic heterocycles. The number of methoxy groups -OCH3 is 1. The third-order valence-corrected chi connectivity index (χ3v) is 2.90. The molecule has 3 nitrogen and oxygen atoms in total. The summed E-state index contributed by atoms with van der Waals surface area (Å²) in [5.74, 6) is 0. The Labute approximate surface area is 105 Å². The van der Waals surface area contributed by atoms with Gasteiger partial charge in [0.2, 0.25) is 0 Å². The highest BCUT2D eigenvalue weighted by Crippen LogP contribution is 2.08. The van der Waals surface area contributed by atoms with E-state index in [4.69, 9.17) is 4.74 Å². The Bertz CT molecular complexity index is 277. The quantitative estimate of drug-likeness (QED) is 0.669. The molecule has 0 aliphatic carbocycles. The van der Waals surface area contributed by atoms with Crippen LogP contribution < -0.4 is 5.32 Å².